The second kappa shape index (κ2) is 6.68. The van der Waals surface area contributed by atoms with Crippen LogP contribution in [-0.2, 0) is 11.2 Å². The minimum atomic E-state index is -0.173. The minimum absolute atomic E-state index is 0.0493. The molecule has 0 saturated heterocycles. The van der Waals surface area contributed by atoms with Crippen LogP contribution in [0.2, 0.25) is 0 Å². The highest BCUT2D eigenvalue weighted by Gasteiger charge is 2.13. The number of anilines is 1. The molecule has 1 heterocycles. The quantitative estimate of drug-likeness (QED) is 0.831. The number of carbonyl (C=O) groups is 1. The molecule has 0 bridgehead atoms. The van der Waals surface area contributed by atoms with Gasteiger partial charge in [-0.25, -0.2) is 4.98 Å². The number of aryl methyl sites for hydroxylation is 1. The molecule has 0 aliphatic rings. The zero-order chi connectivity index (χ0) is 13.6. The van der Waals surface area contributed by atoms with Crippen LogP contribution in [0.4, 0.5) is 5.13 Å². The third-order valence-electron chi connectivity index (χ3n) is 2.08. The molecular weight excluding hydrogens is 248 g/mol. The Morgan fingerprint density at radius 3 is 2.72 bits per heavy atom. The molecule has 1 aromatic rings. The van der Waals surface area contributed by atoms with E-state index in [2.05, 4.69) is 26.9 Å². The zero-order valence-electron chi connectivity index (χ0n) is 11.5. The van der Waals surface area contributed by atoms with Gasteiger partial charge in [-0.2, -0.15) is 4.37 Å². The van der Waals surface area contributed by atoms with Gasteiger partial charge in [-0.15, -0.1) is 0 Å². The smallest absolute Gasteiger partial charge is 0.222 e. The van der Waals surface area contributed by atoms with Gasteiger partial charge in [-0.05, 0) is 27.2 Å². The summed E-state index contributed by atoms with van der Waals surface area (Å²) in [5.74, 6) is 0.928. The van der Waals surface area contributed by atoms with Crippen LogP contribution >= 0.6 is 11.5 Å². The van der Waals surface area contributed by atoms with Crippen molar-refractivity contribution in [1.82, 2.24) is 14.7 Å². The monoisotopic (exact) mass is 270 g/mol. The van der Waals surface area contributed by atoms with E-state index in [1.165, 1.54) is 11.5 Å². The second-order valence-electron chi connectivity index (χ2n) is 5.24. The SMILES string of the molecule is CCCc1nsc(NCCC(=O)NC(C)(C)C)n1. The van der Waals surface area contributed by atoms with Gasteiger partial charge >= 0.3 is 0 Å². The van der Waals surface area contributed by atoms with Gasteiger partial charge < -0.3 is 10.6 Å². The number of carbonyl (C=O) groups excluding carboxylic acids is 1. The fourth-order valence-electron chi connectivity index (χ4n) is 1.41. The van der Waals surface area contributed by atoms with E-state index in [4.69, 9.17) is 0 Å². The van der Waals surface area contributed by atoms with Crippen LogP contribution in [-0.4, -0.2) is 27.3 Å². The molecule has 1 rings (SSSR count). The lowest BCUT2D eigenvalue weighted by Gasteiger charge is -2.20. The molecule has 0 aromatic carbocycles. The molecule has 102 valence electrons. The Bertz CT molecular complexity index is 384. The maximum atomic E-state index is 11.6. The number of aromatic nitrogens is 2. The van der Waals surface area contributed by atoms with E-state index in [0.29, 0.717) is 13.0 Å². The van der Waals surface area contributed by atoms with Gasteiger partial charge in [0, 0.05) is 36.5 Å². The molecule has 1 amide bonds. The Balaban J connectivity index is 2.26. The lowest BCUT2D eigenvalue weighted by atomic mass is 10.1. The summed E-state index contributed by atoms with van der Waals surface area (Å²) in [5.41, 5.74) is -0.173. The molecule has 0 aliphatic heterocycles. The molecule has 6 heteroatoms. The maximum Gasteiger partial charge on any atom is 0.222 e. The van der Waals surface area contributed by atoms with Crippen LogP contribution < -0.4 is 10.6 Å². The summed E-state index contributed by atoms with van der Waals surface area (Å²) in [7, 11) is 0. The molecule has 18 heavy (non-hydrogen) atoms. The molecule has 2 N–H and O–H groups in total. The van der Waals surface area contributed by atoms with Crippen molar-refractivity contribution in [3.63, 3.8) is 0 Å². The summed E-state index contributed by atoms with van der Waals surface area (Å²) in [6.07, 6.45) is 2.40. The van der Waals surface area contributed by atoms with Crippen molar-refractivity contribution in [2.75, 3.05) is 11.9 Å². The normalized spacial score (nSPS) is 11.3. The minimum Gasteiger partial charge on any atom is -0.360 e. The predicted octanol–water partition coefficient (Wildman–Crippen LogP) is 2.21. The van der Waals surface area contributed by atoms with Crippen molar-refractivity contribution in [3.05, 3.63) is 5.82 Å². The summed E-state index contributed by atoms with van der Waals surface area (Å²) < 4.78 is 4.23. The third-order valence-corrected chi connectivity index (χ3v) is 2.80. The van der Waals surface area contributed by atoms with Crippen LogP contribution in [0.25, 0.3) is 0 Å². The van der Waals surface area contributed by atoms with Gasteiger partial charge in [0.1, 0.15) is 5.82 Å². The molecule has 0 fully saturated rings. The van der Waals surface area contributed by atoms with E-state index in [0.717, 1.165) is 23.8 Å². The van der Waals surface area contributed by atoms with Crippen molar-refractivity contribution < 1.29 is 4.79 Å². The number of rotatable bonds is 6. The molecule has 0 atom stereocenters. The Hall–Kier alpha value is -1.17. The van der Waals surface area contributed by atoms with Crippen molar-refractivity contribution in [2.45, 2.75) is 52.5 Å². The lowest BCUT2D eigenvalue weighted by molar-refractivity contribution is -0.122. The number of amides is 1. The fourth-order valence-corrected chi connectivity index (χ4v) is 2.05. The first-order chi connectivity index (χ1) is 8.40. The molecule has 5 nitrogen and oxygen atoms in total. The van der Waals surface area contributed by atoms with Crippen LogP contribution in [0.1, 0.15) is 46.4 Å². The van der Waals surface area contributed by atoms with E-state index in [-0.39, 0.29) is 11.4 Å². The molecule has 0 unspecified atom stereocenters. The summed E-state index contributed by atoms with van der Waals surface area (Å²) in [5, 5.41) is 6.84. The zero-order valence-corrected chi connectivity index (χ0v) is 12.4. The van der Waals surface area contributed by atoms with Crippen molar-refractivity contribution in [1.29, 1.82) is 0 Å². The maximum absolute atomic E-state index is 11.6. The first kappa shape index (κ1) is 14.9. The summed E-state index contributed by atoms with van der Waals surface area (Å²) in [6, 6.07) is 0. The highest BCUT2D eigenvalue weighted by molar-refractivity contribution is 7.09. The van der Waals surface area contributed by atoms with Crippen LogP contribution in [0.5, 0.6) is 0 Å². The molecule has 0 saturated carbocycles. The van der Waals surface area contributed by atoms with Gasteiger partial charge in [0.05, 0.1) is 0 Å². The Morgan fingerprint density at radius 2 is 2.11 bits per heavy atom. The van der Waals surface area contributed by atoms with Crippen molar-refractivity contribution in [2.24, 2.45) is 0 Å². The Kier molecular flexibility index (Phi) is 5.53. The third kappa shape index (κ3) is 5.95. The molecule has 0 radical (unpaired) electrons. The second-order valence-corrected chi connectivity index (χ2v) is 5.99. The first-order valence-corrected chi connectivity index (χ1v) is 7.05. The van der Waals surface area contributed by atoms with Crippen LogP contribution in [0.15, 0.2) is 0 Å². The van der Waals surface area contributed by atoms with E-state index in [9.17, 15) is 4.79 Å². The van der Waals surface area contributed by atoms with Gasteiger partial charge in [0.15, 0.2) is 0 Å². The topological polar surface area (TPSA) is 66.9 Å². The summed E-state index contributed by atoms with van der Waals surface area (Å²) >= 11 is 1.35. The average molecular weight is 270 g/mol. The highest BCUT2D eigenvalue weighted by atomic mass is 32.1. The number of nitrogens with zero attached hydrogens (tertiary/aromatic N) is 2. The predicted molar refractivity (Wildman–Crippen MR) is 74.9 cm³/mol. The van der Waals surface area contributed by atoms with Crippen molar-refractivity contribution >= 4 is 22.6 Å². The summed E-state index contributed by atoms with van der Waals surface area (Å²) in [4.78, 5) is 15.9. The number of nitrogens with one attached hydrogen (secondary N) is 2. The Labute approximate surface area is 113 Å². The van der Waals surface area contributed by atoms with Crippen LogP contribution in [0.3, 0.4) is 0 Å². The van der Waals surface area contributed by atoms with E-state index in [1.54, 1.807) is 0 Å². The molecule has 0 aliphatic carbocycles. The molecule has 1 aromatic heterocycles. The number of hydrogen-bond donors (Lipinski definition) is 2. The largest absolute Gasteiger partial charge is 0.360 e. The summed E-state index contributed by atoms with van der Waals surface area (Å²) in [6.45, 7) is 8.61. The Morgan fingerprint density at radius 1 is 1.39 bits per heavy atom. The van der Waals surface area contributed by atoms with Crippen LogP contribution in [0, 0.1) is 0 Å². The first-order valence-electron chi connectivity index (χ1n) is 6.28. The van der Waals surface area contributed by atoms with E-state index < -0.39 is 0 Å². The van der Waals surface area contributed by atoms with Gasteiger partial charge in [-0.3, -0.25) is 4.79 Å². The molecular formula is C12H22N4OS. The van der Waals surface area contributed by atoms with E-state index >= 15 is 0 Å². The van der Waals surface area contributed by atoms with Crippen molar-refractivity contribution in [3.8, 4) is 0 Å². The molecule has 0 spiro atoms. The standard InChI is InChI=1S/C12H22N4OS/c1-5-6-9-14-11(18-16-9)13-8-7-10(17)15-12(2,3)4/h5-8H2,1-4H3,(H,15,17)(H,13,14,16). The van der Waals surface area contributed by atoms with E-state index in [1.807, 2.05) is 20.8 Å². The fraction of sp³-hybridized carbons (Fsp3) is 0.750. The average Bonchev–Trinajstić information content (AvgIpc) is 2.63. The van der Waals surface area contributed by atoms with Gasteiger partial charge in [0.2, 0.25) is 11.0 Å². The van der Waals surface area contributed by atoms with Gasteiger partial charge in [0.25, 0.3) is 0 Å². The lowest BCUT2D eigenvalue weighted by Crippen LogP contribution is -2.41. The van der Waals surface area contributed by atoms with Gasteiger partial charge in [-0.1, -0.05) is 6.92 Å². The highest BCUT2D eigenvalue weighted by Crippen LogP contribution is 2.11. The number of hydrogen-bond acceptors (Lipinski definition) is 5.